The summed E-state index contributed by atoms with van der Waals surface area (Å²) in [5.41, 5.74) is 0. The quantitative estimate of drug-likeness (QED) is 0.0380. The average molecular weight is 773 g/mol. The van der Waals surface area contributed by atoms with Crippen LogP contribution in [0.3, 0.4) is 0 Å². The minimum Gasteiger partial charge on any atom is -0.481 e. The number of unbranched alkanes of at least 4 members (excludes halogenated alkanes) is 33. The molecule has 1 atom stereocenters. The monoisotopic (exact) mass is 773 g/mol. The van der Waals surface area contributed by atoms with Gasteiger partial charge in [-0.15, -0.1) is 0 Å². The van der Waals surface area contributed by atoms with Crippen molar-refractivity contribution in [1.29, 1.82) is 0 Å². The molecule has 0 amide bonds. The second-order valence-electron chi connectivity index (χ2n) is 17.0. The lowest BCUT2D eigenvalue weighted by atomic mass is 10.0. The molecule has 0 aromatic carbocycles. The number of hydrogen-bond acceptors (Lipinski definition) is 3. The largest absolute Gasteiger partial charge is 0.481 e. The Bertz CT molecular complexity index is 833. The first-order valence-corrected chi connectivity index (χ1v) is 24.8. The molecule has 0 radical (unpaired) electrons. The molecule has 0 heterocycles. The maximum absolute atomic E-state index is 12.7. The highest BCUT2D eigenvalue weighted by Crippen LogP contribution is 2.19. The van der Waals surface area contributed by atoms with Gasteiger partial charge in [-0.3, -0.25) is 9.59 Å². The maximum Gasteiger partial charge on any atom is 0.306 e. The van der Waals surface area contributed by atoms with Gasteiger partial charge in [-0.05, 0) is 64.2 Å². The Kier molecular flexibility index (Phi) is 45.5. The summed E-state index contributed by atoms with van der Waals surface area (Å²) in [6.07, 6.45) is 60.9. The molecule has 55 heavy (non-hydrogen) atoms. The molecule has 0 aliphatic heterocycles. The van der Waals surface area contributed by atoms with Gasteiger partial charge < -0.3 is 9.84 Å². The van der Waals surface area contributed by atoms with Crippen LogP contribution in [0.2, 0.25) is 0 Å². The summed E-state index contributed by atoms with van der Waals surface area (Å²) < 4.78 is 6.02. The van der Waals surface area contributed by atoms with Gasteiger partial charge in [0, 0.05) is 12.8 Å². The molecule has 4 heteroatoms. The molecule has 0 saturated carbocycles. The Hall–Kier alpha value is -1.58. The lowest BCUT2D eigenvalue weighted by molar-refractivity contribution is -0.150. The van der Waals surface area contributed by atoms with Crippen LogP contribution in [0.4, 0.5) is 0 Å². The van der Waals surface area contributed by atoms with E-state index in [4.69, 9.17) is 9.84 Å². The van der Waals surface area contributed by atoms with Gasteiger partial charge in [-0.25, -0.2) is 0 Å². The number of carboxylic acid groups (broad SMARTS) is 1. The third kappa shape index (κ3) is 46.7. The molecule has 1 N–H and O–H groups in total. The summed E-state index contributed by atoms with van der Waals surface area (Å²) in [7, 11) is 0. The fraction of sp³-hybridized carbons (Fsp3) is 0.882. The number of allylic oxidation sites excluding steroid dienone is 4. The van der Waals surface area contributed by atoms with Crippen LogP contribution in [0.15, 0.2) is 24.3 Å². The lowest BCUT2D eigenvalue weighted by Gasteiger charge is -2.18. The molecule has 0 rings (SSSR count). The van der Waals surface area contributed by atoms with Crippen LogP contribution in [-0.4, -0.2) is 23.1 Å². The van der Waals surface area contributed by atoms with Gasteiger partial charge >= 0.3 is 11.9 Å². The molecule has 0 aliphatic rings. The highest BCUT2D eigenvalue weighted by atomic mass is 16.5. The van der Waals surface area contributed by atoms with Crippen molar-refractivity contribution in [2.45, 2.75) is 290 Å². The third-order valence-electron chi connectivity index (χ3n) is 11.4. The number of rotatable bonds is 46. The summed E-state index contributed by atoms with van der Waals surface area (Å²) in [6, 6.07) is 0. The summed E-state index contributed by atoms with van der Waals surface area (Å²) in [4.78, 5) is 23.5. The highest BCUT2D eigenvalue weighted by molar-refractivity contribution is 5.69. The first-order chi connectivity index (χ1) is 27.1. The number of carboxylic acids is 1. The van der Waals surface area contributed by atoms with E-state index in [1.165, 1.54) is 180 Å². The number of carbonyl (C=O) groups excluding carboxylic acids is 1. The summed E-state index contributed by atoms with van der Waals surface area (Å²) >= 11 is 0. The van der Waals surface area contributed by atoms with Crippen molar-refractivity contribution in [3.8, 4) is 0 Å². The second kappa shape index (κ2) is 46.8. The zero-order valence-corrected chi connectivity index (χ0v) is 37.3. The van der Waals surface area contributed by atoms with Gasteiger partial charge in [0.1, 0.15) is 6.10 Å². The molecular formula is C51H96O4. The van der Waals surface area contributed by atoms with Crippen LogP contribution in [0.25, 0.3) is 0 Å². The molecule has 324 valence electrons. The number of carbonyl (C=O) groups is 2. The van der Waals surface area contributed by atoms with Gasteiger partial charge in [0.05, 0.1) is 0 Å². The van der Waals surface area contributed by atoms with E-state index in [1.807, 2.05) is 0 Å². The van der Waals surface area contributed by atoms with Gasteiger partial charge in [-0.1, -0.05) is 231 Å². The molecule has 0 fully saturated rings. The smallest absolute Gasteiger partial charge is 0.306 e. The van der Waals surface area contributed by atoms with E-state index in [0.717, 1.165) is 77.0 Å². The minimum atomic E-state index is -0.703. The van der Waals surface area contributed by atoms with E-state index in [0.29, 0.717) is 6.42 Å². The van der Waals surface area contributed by atoms with Crippen LogP contribution in [0, 0.1) is 0 Å². The van der Waals surface area contributed by atoms with Crippen LogP contribution in [0.5, 0.6) is 0 Å². The molecule has 0 saturated heterocycles. The number of hydrogen-bond donors (Lipinski definition) is 1. The lowest BCUT2D eigenvalue weighted by Crippen LogP contribution is -2.18. The van der Waals surface area contributed by atoms with Crippen molar-refractivity contribution < 1.29 is 19.4 Å². The summed E-state index contributed by atoms with van der Waals surface area (Å²) in [6.45, 7) is 4.56. The molecule has 0 aromatic heterocycles. The standard InChI is InChI=1S/C51H96O4/c1-3-5-7-9-11-13-15-17-18-19-20-21-22-23-24-25-26-27-29-31-33-35-40-44-48-51(54)55-49(46-42-38-36-39-43-47-50(52)53)45-41-37-34-32-30-28-16-14-12-10-8-6-4-2/h16,28,32,34,49H,3-15,17-27,29-31,33,35-48H2,1-2H3,(H,52,53)/b28-16-,34-32-. The molecule has 0 spiro atoms. The van der Waals surface area contributed by atoms with E-state index in [2.05, 4.69) is 38.2 Å². The van der Waals surface area contributed by atoms with Crippen molar-refractivity contribution in [2.24, 2.45) is 0 Å². The normalized spacial score (nSPS) is 12.3. The predicted molar refractivity (Wildman–Crippen MR) is 241 cm³/mol. The SMILES string of the molecule is CCCCCCC/C=C\C/C=C\CCCC(CCCCCCCC(=O)O)OC(=O)CCCCCCCCCCCCCCCCCCCCCCCCCC. The molecule has 0 bridgehead atoms. The predicted octanol–water partition coefficient (Wildman–Crippen LogP) is 17.5. The average Bonchev–Trinajstić information content (AvgIpc) is 3.17. The number of esters is 1. The molecular weight excluding hydrogens is 677 g/mol. The zero-order chi connectivity index (χ0) is 40.0. The summed E-state index contributed by atoms with van der Waals surface area (Å²) in [5.74, 6) is -0.716. The van der Waals surface area contributed by atoms with Crippen LogP contribution in [-0.2, 0) is 14.3 Å². The fourth-order valence-electron chi connectivity index (χ4n) is 7.75. The molecule has 0 aromatic rings. The third-order valence-corrected chi connectivity index (χ3v) is 11.4. The highest BCUT2D eigenvalue weighted by Gasteiger charge is 2.14. The van der Waals surface area contributed by atoms with Gasteiger partial charge in [0.15, 0.2) is 0 Å². The van der Waals surface area contributed by atoms with Crippen molar-refractivity contribution in [2.75, 3.05) is 0 Å². The second-order valence-corrected chi connectivity index (χ2v) is 17.0. The Morgan fingerprint density at radius 1 is 0.400 bits per heavy atom. The number of aliphatic carboxylic acids is 1. The Morgan fingerprint density at radius 2 is 0.727 bits per heavy atom. The Balaban J connectivity index is 3.87. The molecule has 4 nitrogen and oxygen atoms in total. The van der Waals surface area contributed by atoms with Crippen molar-refractivity contribution in [1.82, 2.24) is 0 Å². The van der Waals surface area contributed by atoms with Gasteiger partial charge in [0.2, 0.25) is 0 Å². The van der Waals surface area contributed by atoms with Crippen LogP contribution >= 0.6 is 0 Å². The van der Waals surface area contributed by atoms with Gasteiger partial charge in [0.25, 0.3) is 0 Å². The minimum absolute atomic E-state index is 0.0133. The Labute approximate surface area is 344 Å². The van der Waals surface area contributed by atoms with E-state index in [9.17, 15) is 9.59 Å². The van der Waals surface area contributed by atoms with Crippen molar-refractivity contribution in [3.63, 3.8) is 0 Å². The zero-order valence-electron chi connectivity index (χ0n) is 37.3. The topological polar surface area (TPSA) is 63.6 Å². The fourth-order valence-corrected chi connectivity index (χ4v) is 7.75. The first kappa shape index (κ1) is 53.4. The van der Waals surface area contributed by atoms with E-state index >= 15 is 0 Å². The molecule has 0 aliphatic carbocycles. The first-order valence-electron chi connectivity index (χ1n) is 24.8. The van der Waals surface area contributed by atoms with E-state index < -0.39 is 5.97 Å². The van der Waals surface area contributed by atoms with Crippen molar-refractivity contribution in [3.05, 3.63) is 24.3 Å². The summed E-state index contributed by atoms with van der Waals surface area (Å²) in [5, 5.41) is 8.85. The van der Waals surface area contributed by atoms with Crippen molar-refractivity contribution >= 4 is 11.9 Å². The number of ether oxygens (including phenoxy) is 1. The van der Waals surface area contributed by atoms with Crippen LogP contribution in [0.1, 0.15) is 284 Å². The Morgan fingerprint density at radius 3 is 1.15 bits per heavy atom. The van der Waals surface area contributed by atoms with Gasteiger partial charge in [-0.2, -0.15) is 0 Å². The maximum atomic E-state index is 12.7. The molecule has 1 unspecified atom stereocenters. The van der Waals surface area contributed by atoms with E-state index in [-0.39, 0.29) is 18.5 Å². The van der Waals surface area contributed by atoms with Crippen LogP contribution < -0.4 is 0 Å². The van der Waals surface area contributed by atoms with E-state index in [1.54, 1.807) is 0 Å².